The first-order valence-electron chi connectivity index (χ1n) is 7.30. The van der Waals surface area contributed by atoms with Gasteiger partial charge in [-0.25, -0.2) is 0 Å². The van der Waals surface area contributed by atoms with Crippen molar-refractivity contribution in [2.45, 2.75) is 45.6 Å². The zero-order chi connectivity index (χ0) is 13.8. The molecule has 3 atom stereocenters. The molecule has 3 unspecified atom stereocenters. The molecular formula is C16H23ClIN. The van der Waals surface area contributed by atoms with Crippen molar-refractivity contribution < 1.29 is 0 Å². The lowest BCUT2D eigenvalue weighted by Gasteiger charge is -2.34. The Morgan fingerprint density at radius 1 is 1.42 bits per heavy atom. The van der Waals surface area contributed by atoms with Crippen LogP contribution in [0, 0.1) is 15.4 Å². The molecule has 0 saturated heterocycles. The fourth-order valence-corrected chi connectivity index (χ4v) is 3.79. The Kier molecular flexibility index (Phi) is 5.97. The summed E-state index contributed by atoms with van der Waals surface area (Å²) in [7, 11) is 0. The van der Waals surface area contributed by atoms with Crippen molar-refractivity contribution in [2.24, 2.45) is 11.8 Å². The average molecular weight is 392 g/mol. The third kappa shape index (κ3) is 4.08. The van der Waals surface area contributed by atoms with Gasteiger partial charge in [0.05, 0.1) is 5.02 Å². The molecular weight excluding hydrogens is 369 g/mol. The lowest BCUT2D eigenvalue weighted by Crippen LogP contribution is -2.31. The molecule has 1 aromatic rings. The van der Waals surface area contributed by atoms with Crippen molar-refractivity contribution in [3.05, 3.63) is 32.4 Å². The zero-order valence-corrected chi connectivity index (χ0v) is 14.7. The van der Waals surface area contributed by atoms with Gasteiger partial charge in [-0.3, -0.25) is 0 Å². The van der Waals surface area contributed by atoms with Crippen molar-refractivity contribution in [1.82, 2.24) is 5.32 Å². The van der Waals surface area contributed by atoms with E-state index in [2.05, 4.69) is 60.0 Å². The van der Waals surface area contributed by atoms with Crippen LogP contribution in [0.3, 0.4) is 0 Å². The quantitative estimate of drug-likeness (QED) is 0.676. The standard InChI is InChI=1S/C16H23ClIN/c1-3-19-16(12-6-4-5-11(2)9-12)13-7-8-15(18)14(17)10-13/h7-8,10-12,16,19H,3-6,9H2,1-2H3. The highest BCUT2D eigenvalue weighted by molar-refractivity contribution is 14.1. The summed E-state index contributed by atoms with van der Waals surface area (Å²) in [5, 5.41) is 4.55. The van der Waals surface area contributed by atoms with Crippen LogP contribution >= 0.6 is 34.2 Å². The maximum atomic E-state index is 6.29. The van der Waals surface area contributed by atoms with E-state index in [0.29, 0.717) is 6.04 Å². The van der Waals surface area contributed by atoms with Gasteiger partial charge in [-0.2, -0.15) is 0 Å². The highest BCUT2D eigenvalue weighted by atomic mass is 127. The van der Waals surface area contributed by atoms with E-state index in [1.165, 1.54) is 31.2 Å². The van der Waals surface area contributed by atoms with Crippen LogP contribution in [-0.4, -0.2) is 6.54 Å². The van der Waals surface area contributed by atoms with Gasteiger partial charge in [0, 0.05) is 9.61 Å². The molecule has 106 valence electrons. The van der Waals surface area contributed by atoms with Crippen LogP contribution in [-0.2, 0) is 0 Å². The largest absolute Gasteiger partial charge is 0.310 e. The minimum Gasteiger partial charge on any atom is -0.310 e. The van der Waals surface area contributed by atoms with Gasteiger partial charge in [0.25, 0.3) is 0 Å². The normalized spacial score (nSPS) is 25.3. The summed E-state index contributed by atoms with van der Waals surface area (Å²) in [5.41, 5.74) is 1.35. The Labute approximate surface area is 135 Å². The van der Waals surface area contributed by atoms with E-state index >= 15 is 0 Å². The first-order chi connectivity index (χ1) is 9.11. The molecule has 1 fully saturated rings. The number of hydrogen-bond acceptors (Lipinski definition) is 1. The van der Waals surface area contributed by atoms with E-state index in [4.69, 9.17) is 11.6 Å². The van der Waals surface area contributed by atoms with E-state index in [9.17, 15) is 0 Å². The predicted molar refractivity (Wildman–Crippen MR) is 91.7 cm³/mol. The summed E-state index contributed by atoms with van der Waals surface area (Å²) in [5.74, 6) is 1.61. The molecule has 0 heterocycles. The molecule has 0 amide bonds. The summed E-state index contributed by atoms with van der Waals surface area (Å²) in [6.07, 6.45) is 5.43. The second kappa shape index (κ2) is 7.28. The van der Waals surface area contributed by atoms with Gasteiger partial charge in [-0.1, -0.05) is 44.4 Å². The number of hydrogen-bond donors (Lipinski definition) is 1. The maximum absolute atomic E-state index is 6.29. The number of rotatable bonds is 4. The molecule has 1 aromatic carbocycles. The molecule has 0 bridgehead atoms. The lowest BCUT2D eigenvalue weighted by atomic mass is 9.76. The van der Waals surface area contributed by atoms with Crippen LogP contribution in [0.2, 0.25) is 5.02 Å². The summed E-state index contributed by atoms with van der Waals surface area (Å²) < 4.78 is 1.13. The lowest BCUT2D eigenvalue weighted by molar-refractivity contribution is 0.225. The van der Waals surface area contributed by atoms with E-state index < -0.39 is 0 Å². The van der Waals surface area contributed by atoms with Gasteiger partial charge >= 0.3 is 0 Å². The first-order valence-corrected chi connectivity index (χ1v) is 8.75. The Morgan fingerprint density at radius 2 is 2.21 bits per heavy atom. The summed E-state index contributed by atoms with van der Waals surface area (Å²) in [6, 6.07) is 6.98. The number of nitrogens with one attached hydrogen (secondary N) is 1. The van der Waals surface area contributed by atoms with Crippen LogP contribution < -0.4 is 5.32 Å². The molecule has 0 aliphatic heterocycles. The Morgan fingerprint density at radius 3 is 2.84 bits per heavy atom. The molecule has 1 N–H and O–H groups in total. The SMILES string of the molecule is CCNC(c1ccc(I)c(Cl)c1)C1CCCC(C)C1. The third-order valence-corrected chi connectivity index (χ3v) is 5.75. The van der Waals surface area contributed by atoms with E-state index in [0.717, 1.165) is 27.0 Å². The molecule has 19 heavy (non-hydrogen) atoms. The van der Waals surface area contributed by atoms with Gasteiger partial charge < -0.3 is 5.32 Å². The molecule has 3 heteroatoms. The Hall–Kier alpha value is 0.200. The minimum atomic E-state index is 0.460. The van der Waals surface area contributed by atoms with Crippen molar-refractivity contribution in [2.75, 3.05) is 6.54 Å². The Bertz CT molecular complexity index is 421. The van der Waals surface area contributed by atoms with Crippen LogP contribution in [0.25, 0.3) is 0 Å². The van der Waals surface area contributed by atoms with Crippen molar-refractivity contribution in [3.8, 4) is 0 Å². The maximum Gasteiger partial charge on any atom is 0.0542 e. The second-order valence-electron chi connectivity index (χ2n) is 5.74. The number of halogens is 2. The monoisotopic (exact) mass is 391 g/mol. The smallest absolute Gasteiger partial charge is 0.0542 e. The van der Waals surface area contributed by atoms with E-state index in [1.807, 2.05) is 0 Å². The molecule has 0 spiro atoms. The molecule has 1 aliphatic carbocycles. The van der Waals surface area contributed by atoms with Crippen LogP contribution in [0.15, 0.2) is 18.2 Å². The molecule has 1 nitrogen and oxygen atoms in total. The third-order valence-electron chi connectivity index (χ3n) is 4.18. The molecule has 1 saturated carbocycles. The summed E-state index contributed by atoms with van der Waals surface area (Å²) in [6.45, 7) is 5.59. The topological polar surface area (TPSA) is 12.0 Å². The fraction of sp³-hybridized carbons (Fsp3) is 0.625. The molecule has 0 radical (unpaired) electrons. The van der Waals surface area contributed by atoms with Crippen LogP contribution in [0.4, 0.5) is 0 Å². The molecule has 1 aliphatic rings. The van der Waals surface area contributed by atoms with Gasteiger partial charge in [-0.15, -0.1) is 0 Å². The first kappa shape index (κ1) is 15.6. The van der Waals surface area contributed by atoms with Gasteiger partial charge in [0.2, 0.25) is 0 Å². The van der Waals surface area contributed by atoms with E-state index in [1.54, 1.807) is 0 Å². The Balaban J connectivity index is 2.20. The van der Waals surface area contributed by atoms with Gasteiger partial charge in [0.1, 0.15) is 0 Å². The highest BCUT2D eigenvalue weighted by Crippen LogP contribution is 2.38. The van der Waals surface area contributed by atoms with Gasteiger partial charge in [-0.05, 0) is 71.5 Å². The highest BCUT2D eigenvalue weighted by Gasteiger charge is 2.27. The summed E-state index contributed by atoms with van der Waals surface area (Å²) >= 11 is 8.58. The van der Waals surface area contributed by atoms with Gasteiger partial charge in [0.15, 0.2) is 0 Å². The van der Waals surface area contributed by atoms with Crippen molar-refractivity contribution in [3.63, 3.8) is 0 Å². The summed E-state index contributed by atoms with van der Waals surface area (Å²) in [4.78, 5) is 0. The molecule has 2 rings (SSSR count). The van der Waals surface area contributed by atoms with Crippen LogP contribution in [0.5, 0.6) is 0 Å². The van der Waals surface area contributed by atoms with Crippen LogP contribution in [0.1, 0.15) is 51.1 Å². The van der Waals surface area contributed by atoms with E-state index in [-0.39, 0.29) is 0 Å². The second-order valence-corrected chi connectivity index (χ2v) is 7.31. The van der Waals surface area contributed by atoms with Crippen molar-refractivity contribution in [1.29, 1.82) is 0 Å². The minimum absolute atomic E-state index is 0.460. The fourth-order valence-electron chi connectivity index (χ4n) is 3.27. The average Bonchev–Trinajstić information content (AvgIpc) is 2.39. The predicted octanol–water partition coefficient (Wildman–Crippen LogP) is 5.42. The molecule has 0 aromatic heterocycles. The van der Waals surface area contributed by atoms with Crippen molar-refractivity contribution >= 4 is 34.2 Å². The zero-order valence-electron chi connectivity index (χ0n) is 11.8. The number of benzene rings is 1.